The van der Waals surface area contributed by atoms with E-state index in [4.69, 9.17) is 16.3 Å². The molecule has 5 heteroatoms. The van der Waals surface area contributed by atoms with E-state index in [-0.39, 0.29) is 10.8 Å². The first kappa shape index (κ1) is 12.5. The van der Waals surface area contributed by atoms with Crippen LogP contribution in [0, 0.1) is 5.82 Å². The van der Waals surface area contributed by atoms with E-state index in [9.17, 15) is 9.18 Å². The molecule has 18 heavy (non-hydrogen) atoms. The lowest BCUT2D eigenvalue weighted by atomic mass is 10.1. The molecule has 0 N–H and O–H groups in total. The summed E-state index contributed by atoms with van der Waals surface area (Å²) in [4.78, 5) is 16.0. The predicted molar refractivity (Wildman–Crippen MR) is 65.6 cm³/mol. The monoisotopic (exact) mass is 265 g/mol. The topological polar surface area (TPSA) is 39.2 Å². The highest BCUT2D eigenvalue weighted by molar-refractivity contribution is 6.31. The fourth-order valence-electron chi connectivity index (χ4n) is 1.46. The number of halogens is 2. The Labute approximate surface area is 108 Å². The summed E-state index contributed by atoms with van der Waals surface area (Å²) in [6.45, 7) is 0. The molecule has 1 heterocycles. The molecule has 1 aromatic carbocycles. The SMILES string of the molecule is COc1cncc(C(=O)c2ccc(F)c(Cl)c2)c1. The third kappa shape index (κ3) is 2.49. The molecular formula is C13H9ClFNO2. The van der Waals surface area contributed by atoms with Gasteiger partial charge in [-0.3, -0.25) is 9.78 Å². The third-order valence-corrected chi connectivity index (χ3v) is 2.68. The molecular weight excluding hydrogens is 257 g/mol. The van der Waals surface area contributed by atoms with Crippen LogP contribution in [0.2, 0.25) is 5.02 Å². The van der Waals surface area contributed by atoms with Crippen molar-refractivity contribution in [1.82, 2.24) is 4.98 Å². The molecule has 0 aliphatic rings. The zero-order valence-corrected chi connectivity index (χ0v) is 10.2. The van der Waals surface area contributed by atoms with Crippen molar-refractivity contribution in [3.05, 3.63) is 58.6 Å². The summed E-state index contributed by atoms with van der Waals surface area (Å²) in [7, 11) is 1.49. The Hall–Kier alpha value is -1.94. The maximum atomic E-state index is 13.0. The normalized spacial score (nSPS) is 10.2. The molecule has 0 saturated heterocycles. The van der Waals surface area contributed by atoms with E-state index in [0.717, 1.165) is 6.07 Å². The van der Waals surface area contributed by atoms with E-state index in [2.05, 4.69) is 4.98 Å². The number of hydrogen-bond acceptors (Lipinski definition) is 3. The van der Waals surface area contributed by atoms with Crippen molar-refractivity contribution in [3.8, 4) is 5.75 Å². The van der Waals surface area contributed by atoms with Crippen LogP contribution in [0.1, 0.15) is 15.9 Å². The second kappa shape index (κ2) is 5.14. The van der Waals surface area contributed by atoms with Crippen molar-refractivity contribution in [1.29, 1.82) is 0 Å². The van der Waals surface area contributed by atoms with Crippen LogP contribution in [-0.2, 0) is 0 Å². The van der Waals surface area contributed by atoms with Gasteiger partial charge < -0.3 is 4.74 Å². The standard InChI is InChI=1S/C13H9ClFNO2/c1-18-10-4-9(6-16-7-10)13(17)8-2-3-12(15)11(14)5-8/h2-7H,1H3. The minimum absolute atomic E-state index is 0.0864. The first-order valence-electron chi connectivity index (χ1n) is 5.10. The molecule has 3 nitrogen and oxygen atoms in total. The van der Waals surface area contributed by atoms with Crippen LogP contribution >= 0.6 is 11.6 Å². The van der Waals surface area contributed by atoms with E-state index in [1.807, 2.05) is 0 Å². The van der Waals surface area contributed by atoms with Gasteiger partial charge in [0.25, 0.3) is 0 Å². The van der Waals surface area contributed by atoms with Crippen LogP contribution in [0.3, 0.4) is 0 Å². The lowest BCUT2D eigenvalue weighted by molar-refractivity contribution is 0.103. The molecule has 2 aromatic rings. The molecule has 1 aromatic heterocycles. The van der Waals surface area contributed by atoms with Crippen molar-refractivity contribution < 1.29 is 13.9 Å². The first-order valence-corrected chi connectivity index (χ1v) is 5.48. The van der Waals surface area contributed by atoms with Crippen LogP contribution < -0.4 is 4.74 Å². The summed E-state index contributed by atoms with van der Waals surface area (Å²) in [5.74, 6) is -0.366. The number of carbonyl (C=O) groups is 1. The number of hydrogen-bond donors (Lipinski definition) is 0. The quantitative estimate of drug-likeness (QED) is 0.801. The lowest BCUT2D eigenvalue weighted by Gasteiger charge is -2.04. The summed E-state index contributed by atoms with van der Waals surface area (Å²) in [6.07, 6.45) is 2.91. The number of ether oxygens (including phenoxy) is 1. The Kier molecular flexibility index (Phi) is 3.58. The van der Waals surface area contributed by atoms with E-state index < -0.39 is 5.82 Å². The second-order valence-electron chi connectivity index (χ2n) is 3.57. The molecule has 0 radical (unpaired) electrons. The number of rotatable bonds is 3. The van der Waals surface area contributed by atoms with Crippen LogP contribution in [-0.4, -0.2) is 17.9 Å². The van der Waals surface area contributed by atoms with Gasteiger partial charge in [-0.1, -0.05) is 11.6 Å². The van der Waals surface area contributed by atoms with Crippen LogP contribution in [0.25, 0.3) is 0 Å². The Morgan fingerprint density at radius 3 is 2.72 bits per heavy atom. The van der Waals surface area contributed by atoms with Gasteiger partial charge >= 0.3 is 0 Å². The predicted octanol–water partition coefficient (Wildman–Crippen LogP) is 3.11. The first-order chi connectivity index (χ1) is 8.61. The molecule has 0 spiro atoms. The number of methoxy groups -OCH3 is 1. The van der Waals surface area contributed by atoms with Crippen molar-refractivity contribution in [2.24, 2.45) is 0 Å². The summed E-state index contributed by atoms with van der Waals surface area (Å²) in [5.41, 5.74) is 0.661. The van der Waals surface area contributed by atoms with Gasteiger partial charge in [-0.05, 0) is 24.3 Å². The maximum absolute atomic E-state index is 13.0. The van der Waals surface area contributed by atoms with Crippen molar-refractivity contribution in [3.63, 3.8) is 0 Å². The van der Waals surface area contributed by atoms with Gasteiger partial charge in [0.05, 0.1) is 18.3 Å². The maximum Gasteiger partial charge on any atom is 0.194 e. The number of ketones is 1. The minimum atomic E-state index is -0.558. The molecule has 0 amide bonds. The number of benzene rings is 1. The number of carbonyl (C=O) groups excluding carboxylic acids is 1. The van der Waals surface area contributed by atoms with Crippen LogP contribution in [0.15, 0.2) is 36.7 Å². The molecule has 0 saturated carbocycles. The van der Waals surface area contributed by atoms with E-state index in [0.29, 0.717) is 16.9 Å². The minimum Gasteiger partial charge on any atom is -0.495 e. The number of aromatic nitrogens is 1. The molecule has 0 fully saturated rings. The number of nitrogens with zero attached hydrogens (tertiary/aromatic N) is 1. The Balaban J connectivity index is 2.38. The zero-order chi connectivity index (χ0) is 13.1. The molecule has 0 aliphatic heterocycles. The Morgan fingerprint density at radius 2 is 2.06 bits per heavy atom. The van der Waals surface area contributed by atoms with Crippen molar-refractivity contribution in [2.45, 2.75) is 0 Å². The molecule has 0 bridgehead atoms. The van der Waals surface area contributed by atoms with Crippen LogP contribution in [0.5, 0.6) is 5.75 Å². The molecule has 0 atom stereocenters. The second-order valence-corrected chi connectivity index (χ2v) is 3.98. The highest BCUT2D eigenvalue weighted by Crippen LogP contribution is 2.19. The van der Waals surface area contributed by atoms with Gasteiger partial charge in [0.1, 0.15) is 11.6 Å². The van der Waals surface area contributed by atoms with Crippen molar-refractivity contribution >= 4 is 17.4 Å². The largest absolute Gasteiger partial charge is 0.495 e. The molecule has 2 rings (SSSR count). The van der Waals surface area contributed by atoms with Gasteiger partial charge in [0.2, 0.25) is 0 Å². The lowest BCUT2D eigenvalue weighted by Crippen LogP contribution is -2.02. The van der Waals surface area contributed by atoms with E-state index >= 15 is 0 Å². The van der Waals surface area contributed by atoms with Crippen molar-refractivity contribution in [2.75, 3.05) is 7.11 Å². The average Bonchev–Trinajstić information content (AvgIpc) is 2.41. The van der Waals surface area contributed by atoms with Gasteiger partial charge in [-0.25, -0.2) is 4.39 Å². The number of pyridine rings is 1. The smallest absolute Gasteiger partial charge is 0.194 e. The van der Waals surface area contributed by atoms with Gasteiger partial charge in [-0.15, -0.1) is 0 Å². The molecule has 0 unspecified atom stereocenters. The van der Waals surface area contributed by atoms with Gasteiger partial charge in [0, 0.05) is 17.3 Å². The van der Waals surface area contributed by atoms with E-state index in [1.54, 1.807) is 6.07 Å². The van der Waals surface area contributed by atoms with Crippen LogP contribution in [0.4, 0.5) is 4.39 Å². The summed E-state index contributed by atoms with van der Waals surface area (Å²) >= 11 is 5.64. The van der Waals surface area contributed by atoms with Gasteiger partial charge in [0.15, 0.2) is 5.78 Å². The molecule has 92 valence electrons. The highest BCUT2D eigenvalue weighted by Gasteiger charge is 2.12. The average molecular weight is 266 g/mol. The summed E-state index contributed by atoms with van der Waals surface area (Å²) < 4.78 is 18.0. The van der Waals surface area contributed by atoms with Gasteiger partial charge in [-0.2, -0.15) is 0 Å². The summed E-state index contributed by atoms with van der Waals surface area (Å²) in [5, 5.41) is -0.0864. The fraction of sp³-hybridized carbons (Fsp3) is 0.0769. The zero-order valence-electron chi connectivity index (χ0n) is 9.48. The molecule has 0 aliphatic carbocycles. The van der Waals surface area contributed by atoms with E-state index in [1.165, 1.54) is 31.6 Å². The summed E-state index contributed by atoms with van der Waals surface area (Å²) in [6, 6.07) is 5.39. The highest BCUT2D eigenvalue weighted by atomic mass is 35.5. The Bertz CT molecular complexity index is 601. The fourth-order valence-corrected chi connectivity index (χ4v) is 1.64. The third-order valence-electron chi connectivity index (χ3n) is 2.39. The Morgan fingerprint density at radius 1 is 1.28 bits per heavy atom.